The molecule has 1 atom stereocenters. The lowest BCUT2D eigenvalue weighted by molar-refractivity contribution is -0.151. The average molecular weight is 216 g/mol. The molecule has 0 heterocycles. The summed E-state index contributed by atoms with van der Waals surface area (Å²) < 4.78 is 0. The Kier molecular flexibility index (Phi) is 3.88. The highest BCUT2D eigenvalue weighted by Gasteiger charge is 2.44. The first-order valence-electron chi connectivity index (χ1n) is 4.83. The Morgan fingerprint density at radius 2 is 1.67 bits per heavy atom. The Bertz CT molecular complexity index is 270. The Hall–Kier alpha value is -1.10. The zero-order chi connectivity index (χ0) is 12.4. The van der Waals surface area contributed by atoms with Crippen LogP contribution in [-0.4, -0.2) is 28.6 Å². The zero-order valence-electron chi connectivity index (χ0n) is 9.92. The predicted molar refractivity (Wildman–Crippen MR) is 57.3 cm³/mol. The molecule has 4 N–H and O–H groups in total. The van der Waals surface area contributed by atoms with Crippen molar-refractivity contribution in [3.8, 4) is 0 Å². The number of nitrogens with two attached hydrogens (primary N) is 1. The van der Waals surface area contributed by atoms with E-state index in [9.17, 15) is 9.59 Å². The lowest BCUT2D eigenvalue weighted by atomic mass is 9.74. The van der Waals surface area contributed by atoms with Gasteiger partial charge in [0.1, 0.15) is 0 Å². The van der Waals surface area contributed by atoms with E-state index in [1.54, 1.807) is 34.6 Å². The Labute approximate surface area is 90.0 Å². The zero-order valence-corrected chi connectivity index (χ0v) is 9.92. The highest BCUT2D eigenvalue weighted by molar-refractivity contribution is 5.83. The average Bonchev–Trinajstić information content (AvgIpc) is 2.02. The van der Waals surface area contributed by atoms with Crippen LogP contribution in [0.4, 0.5) is 0 Å². The number of aliphatic carboxylic acids is 1. The number of amides is 1. The maximum absolute atomic E-state index is 11.4. The fourth-order valence-corrected chi connectivity index (χ4v) is 0.845. The highest BCUT2D eigenvalue weighted by atomic mass is 16.4. The van der Waals surface area contributed by atoms with E-state index in [0.29, 0.717) is 0 Å². The van der Waals surface area contributed by atoms with Gasteiger partial charge >= 0.3 is 5.97 Å². The molecule has 0 aromatic heterocycles. The molecule has 0 saturated carbocycles. The van der Waals surface area contributed by atoms with Crippen LogP contribution in [0.15, 0.2) is 0 Å². The first kappa shape index (κ1) is 13.9. The van der Waals surface area contributed by atoms with Gasteiger partial charge in [0.05, 0.1) is 17.0 Å². The minimum atomic E-state index is -1.06. The van der Waals surface area contributed by atoms with Crippen LogP contribution in [0.2, 0.25) is 0 Å². The van der Waals surface area contributed by atoms with Gasteiger partial charge in [-0.2, -0.15) is 0 Å². The number of carboxylic acid groups (broad SMARTS) is 1. The van der Waals surface area contributed by atoms with Crippen LogP contribution in [0, 0.1) is 5.41 Å². The van der Waals surface area contributed by atoms with Gasteiger partial charge in [0.15, 0.2) is 0 Å². The van der Waals surface area contributed by atoms with E-state index in [-0.39, 0.29) is 5.91 Å². The van der Waals surface area contributed by atoms with Crippen LogP contribution >= 0.6 is 0 Å². The minimum Gasteiger partial charge on any atom is -0.481 e. The van der Waals surface area contributed by atoms with Crippen molar-refractivity contribution < 1.29 is 14.7 Å². The monoisotopic (exact) mass is 216 g/mol. The predicted octanol–water partition coefficient (Wildman–Crippen LogP) is 0.339. The third kappa shape index (κ3) is 2.92. The van der Waals surface area contributed by atoms with E-state index in [1.165, 1.54) is 0 Å². The van der Waals surface area contributed by atoms with Gasteiger partial charge in [0.25, 0.3) is 0 Å². The number of nitrogens with one attached hydrogen (secondary N) is 1. The number of rotatable bonds is 4. The molecular formula is C10H20N2O3. The summed E-state index contributed by atoms with van der Waals surface area (Å²) >= 11 is 0. The van der Waals surface area contributed by atoms with Crippen LogP contribution < -0.4 is 11.1 Å². The van der Waals surface area contributed by atoms with Crippen LogP contribution in [-0.2, 0) is 9.59 Å². The maximum atomic E-state index is 11.4. The minimum absolute atomic E-state index is 0.352. The molecule has 0 aromatic rings. The molecule has 15 heavy (non-hydrogen) atoms. The summed E-state index contributed by atoms with van der Waals surface area (Å²) in [6.07, 6.45) is 0. The summed E-state index contributed by atoms with van der Waals surface area (Å²) in [5, 5.41) is 11.7. The molecule has 0 aliphatic carbocycles. The van der Waals surface area contributed by atoms with Crippen LogP contribution in [0.3, 0.4) is 0 Å². The molecule has 0 aliphatic heterocycles. The van der Waals surface area contributed by atoms with Crippen molar-refractivity contribution in [2.24, 2.45) is 11.1 Å². The van der Waals surface area contributed by atoms with E-state index < -0.39 is 23.0 Å². The topological polar surface area (TPSA) is 92.4 Å². The summed E-state index contributed by atoms with van der Waals surface area (Å²) in [7, 11) is 0. The molecule has 0 aromatic carbocycles. The third-order valence-electron chi connectivity index (χ3n) is 2.95. The standard InChI is InChI=1S/C10H20N2O3/c1-6(11)7(13)12-10(4,5)9(2,3)8(14)15/h6H,11H2,1-5H3,(H,12,13)(H,14,15). The van der Waals surface area contributed by atoms with Crippen LogP contribution in [0.5, 0.6) is 0 Å². The van der Waals surface area contributed by atoms with Crippen molar-refractivity contribution in [2.75, 3.05) is 0 Å². The van der Waals surface area contributed by atoms with E-state index in [4.69, 9.17) is 10.8 Å². The van der Waals surface area contributed by atoms with Crippen molar-refractivity contribution in [3.05, 3.63) is 0 Å². The molecule has 0 fully saturated rings. The molecule has 1 unspecified atom stereocenters. The SMILES string of the molecule is CC(N)C(=O)NC(C)(C)C(C)(C)C(=O)O. The van der Waals surface area contributed by atoms with Gasteiger partial charge in [0, 0.05) is 0 Å². The number of carbonyl (C=O) groups is 2. The molecule has 0 saturated heterocycles. The molecule has 0 aliphatic rings. The van der Waals surface area contributed by atoms with Gasteiger partial charge in [-0.05, 0) is 34.6 Å². The molecule has 0 spiro atoms. The second-order valence-electron chi connectivity index (χ2n) is 4.83. The molecule has 5 nitrogen and oxygen atoms in total. The summed E-state index contributed by atoms with van der Waals surface area (Å²) in [4.78, 5) is 22.4. The third-order valence-corrected chi connectivity index (χ3v) is 2.95. The molecule has 1 amide bonds. The van der Waals surface area contributed by atoms with E-state index in [0.717, 1.165) is 0 Å². The Morgan fingerprint density at radius 3 is 1.93 bits per heavy atom. The van der Waals surface area contributed by atoms with Crippen molar-refractivity contribution >= 4 is 11.9 Å². The lowest BCUT2D eigenvalue weighted by Crippen LogP contribution is -2.59. The van der Waals surface area contributed by atoms with Crippen LogP contribution in [0.25, 0.3) is 0 Å². The Morgan fingerprint density at radius 1 is 1.27 bits per heavy atom. The quantitative estimate of drug-likeness (QED) is 0.631. The normalized spacial score (nSPS) is 14.5. The van der Waals surface area contributed by atoms with Gasteiger partial charge in [-0.1, -0.05) is 0 Å². The first-order chi connectivity index (χ1) is 6.52. The summed E-state index contributed by atoms with van der Waals surface area (Å²) in [6, 6.07) is -0.645. The second-order valence-corrected chi connectivity index (χ2v) is 4.83. The highest BCUT2D eigenvalue weighted by Crippen LogP contribution is 2.30. The van der Waals surface area contributed by atoms with Gasteiger partial charge < -0.3 is 16.2 Å². The van der Waals surface area contributed by atoms with Crippen LogP contribution in [0.1, 0.15) is 34.6 Å². The molecule has 0 rings (SSSR count). The van der Waals surface area contributed by atoms with Crippen molar-refractivity contribution in [3.63, 3.8) is 0 Å². The largest absolute Gasteiger partial charge is 0.481 e. The summed E-state index contributed by atoms with van der Waals surface area (Å²) in [6.45, 7) is 8.02. The molecule has 0 radical (unpaired) electrons. The van der Waals surface area contributed by atoms with E-state index in [1.807, 2.05) is 0 Å². The fourth-order valence-electron chi connectivity index (χ4n) is 0.845. The number of hydrogen-bond donors (Lipinski definition) is 3. The van der Waals surface area contributed by atoms with Gasteiger partial charge in [-0.15, -0.1) is 0 Å². The number of carboxylic acids is 1. The molecular weight excluding hydrogens is 196 g/mol. The van der Waals surface area contributed by atoms with E-state index in [2.05, 4.69) is 5.32 Å². The number of carbonyl (C=O) groups excluding carboxylic acids is 1. The summed E-state index contributed by atoms with van der Waals surface area (Å²) in [5.41, 5.74) is 3.49. The van der Waals surface area contributed by atoms with Crippen molar-refractivity contribution in [2.45, 2.75) is 46.2 Å². The smallest absolute Gasteiger partial charge is 0.311 e. The fraction of sp³-hybridized carbons (Fsp3) is 0.800. The maximum Gasteiger partial charge on any atom is 0.311 e. The molecule has 0 bridgehead atoms. The first-order valence-corrected chi connectivity index (χ1v) is 4.83. The van der Waals surface area contributed by atoms with E-state index >= 15 is 0 Å². The summed E-state index contributed by atoms with van der Waals surface area (Å²) in [5.74, 6) is -1.31. The van der Waals surface area contributed by atoms with Gasteiger partial charge in [-0.3, -0.25) is 9.59 Å². The van der Waals surface area contributed by atoms with Gasteiger partial charge in [-0.25, -0.2) is 0 Å². The molecule has 5 heteroatoms. The van der Waals surface area contributed by atoms with Gasteiger partial charge in [0.2, 0.25) is 5.91 Å². The number of hydrogen-bond acceptors (Lipinski definition) is 3. The Balaban J connectivity index is 4.83. The molecule has 88 valence electrons. The van der Waals surface area contributed by atoms with Crippen molar-refractivity contribution in [1.82, 2.24) is 5.32 Å². The van der Waals surface area contributed by atoms with Crippen molar-refractivity contribution in [1.29, 1.82) is 0 Å². The second kappa shape index (κ2) is 4.18. The lowest BCUT2D eigenvalue weighted by Gasteiger charge is -2.39.